The summed E-state index contributed by atoms with van der Waals surface area (Å²) >= 11 is 0. The molecule has 0 saturated heterocycles. The number of Topliss-reactive ketones (excluding diaryl/α,β-unsaturated/α-hetero) is 1. The van der Waals surface area contributed by atoms with Crippen molar-refractivity contribution in [1.82, 2.24) is 15.2 Å². The zero-order chi connectivity index (χ0) is 15.1. The average molecular weight is 285 g/mol. The Bertz CT molecular complexity index is 615. The number of hydrogen-bond donors (Lipinski definition) is 2. The third kappa shape index (κ3) is 4.52. The summed E-state index contributed by atoms with van der Waals surface area (Å²) in [5, 5.41) is 14.1. The van der Waals surface area contributed by atoms with Gasteiger partial charge in [0, 0.05) is 17.8 Å². The molecule has 0 bridgehead atoms. The number of rotatable bonds is 7. The second kappa shape index (κ2) is 7.33. The van der Waals surface area contributed by atoms with Crippen LogP contribution in [0.5, 0.6) is 0 Å². The van der Waals surface area contributed by atoms with Crippen LogP contribution in [0.3, 0.4) is 0 Å². The van der Waals surface area contributed by atoms with Gasteiger partial charge in [-0.25, -0.2) is 0 Å². The van der Waals surface area contributed by atoms with E-state index >= 15 is 0 Å². The van der Waals surface area contributed by atoms with Crippen LogP contribution in [-0.4, -0.2) is 27.5 Å². The minimum Gasteiger partial charge on any atom is -0.369 e. The van der Waals surface area contributed by atoms with E-state index < -0.39 is 0 Å². The lowest BCUT2D eigenvalue weighted by Crippen LogP contribution is -2.06. The van der Waals surface area contributed by atoms with Crippen molar-refractivity contribution in [3.05, 3.63) is 36.0 Å². The molecule has 1 aromatic heterocycles. The first-order valence-corrected chi connectivity index (χ1v) is 7.00. The van der Waals surface area contributed by atoms with E-state index in [0.717, 1.165) is 25.1 Å². The summed E-state index contributed by atoms with van der Waals surface area (Å²) in [6, 6.07) is 7.21. The summed E-state index contributed by atoms with van der Waals surface area (Å²) in [6.45, 7) is 4.53. The first-order chi connectivity index (χ1) is 10.2. The number of hydrogen-bond acceptors (Lipinski definition) is 6. The van der Waals surface area contributed by atoms with E-state index in [9.17, 15) is 4.79 Å². The smallest absolute Gasteiger partial charge is 0.249 e. The van der Waals surface area contributed by atoms with Crippen LogP contribution in [0.2, 0.25) is 0 Å². The lowest BCUT2D eigenvalue weighted by atomic mass is 10.1. The molecule has 0 unspecified atom stereocenters. The lowest BCUT2D eigenvalue weighted by molar-refractivity contribution is 0.101. The molecule has 0 saturated carbocycles. The summed E-state index contributed by atoms with van der Waals surface area (Å²) in [7, 11) is 0. The van der Waals surface area contributed by atoms with Gasteiger partial charge in [-0.15, -0.1) is 5.10 Å². The van der Waals surface area contributed by atoms with Gasteiger partial charge in [0.05, 0.1) is 6.20 Å². The van der Waals surface area contributed by atoms with Gasteiger partial charge in [0.15, 0.2) is 11.6 Å². The maximum atomic E-state index is 11.4. The Morgan fingerprint density at radius 3 is 2.95 bits per heavy atom. The molecule has 1 aromatic carbocycles. The molecule has 2 N–H and O–H groups in total. The molecule has 21 heavy (non-hydrogen) atoms. The third-order valence-electron chi connectivity index (χ3n) is 2.92. The standard InChI is InChI=1S/C15H19N5O/c1-3-4-8-16-14-10-17-20-15(19-14)18-13-7-5-6-12(9-13)11(2)21/h5-7,9-10H,3-4,8H2,1-2H3,(H2,16,18,19,20). The summed E-state index contributed by atoms with van der Waals surface area (Å²) in [4.78, 5) is 15.7. The van der Waals surface area contributed by atoms with E-state index in [2.05, 4.69) is 32.7 Å². The molecule has 0 atom stereocenters. The molecule has 2 aromatic rings. The number of nitrogens with zero attached hydrogens (tertiary/aromatic N) is 3. The summed E-state index contributed by atoms with van der Waals surface area (Å²) in [5.74, 6) is 1.11. The first kappa shape index (κ1) is 14.9. The number of aromatic nitrogens is 3. The molecule has 0 fully saturated rings. The normalized spacial score (nSPS) is 10.2. The van der Waals surface area contributed by atoms with Crippen LogP contribution < -0.4 is 10.6 Å². The van der Waals surface area contributed by atoms with Gasteiger partial charge in [-0.3, -0.25) is 4.79 Å². The molecule has 0 aliphatic rings. The van der Waals surface area contributed by atoms with Crippen LogP contribution in [0.1, 0.15) is 37.0 Å². The van der Waals surface area contributed by atoms with E-state index in [4.69, 9.17) is 0 Å². The Kier molecular flexibility index (Phi) is 5.20. The number of anilines is 3. The van der Waals surface area contributed by atoms with Crippen molar-refractivity contribution in [2.45, 2.75) is 26.7 Å². The van der Waals surface area contributed by atoms with Gasteiger partial charge in [0.2, 0.25) is 5.95 Å². The molecule has 1 heterocycles. The van der Waals surface area contributed by atoms with Gasteiger partial charge in [0.25, 0.3) is 0 Å². The summed E-state index contributed by atoms with van der Waals surface area (Å²) in [6.07, 6.45) is 3.79. The van der Waals surface area contributed by atoms with Crippen molar-refractivity contribution in [3.8, 4) is 0 Å². The number of carbonyl (C=O) groups excluding carboxylic acids is 1. The first-order valence-electron chi connectivity index (χ1n) is 7.00. The van der Waals surface area contributed by atoms with Crippen LogP contribution in [0.4, 0.5) is 17.5 Å². The minimum atomic E-state index is 0.0210. The van der Waals surface area contributed by atoms with E-state index in [-0.39, 0.29) is 5.78 Å². The molecule has 2 rings (SSSR count). The SMILES string of the molecule is CCCCNc1cnnc(Nc2cccc(C(C)=O)c2)n1. The maximum absolute atomic E-state index is 11.4. The molecule has 0 aliphatic heterocycles. The highest BCUT2D eigenvalue weighted by Gasteiger charge is 2.04. The maximum Gasteiger partial charge on any atom is 0.249 e. The second-order valence-electron chi connectivity index (χ2n) is 4.71. The van der Waals surface area contributed by atoms with Crippen LogP contribution in [0.25, 0.3) is 0 Å². The van der Waals surface area contributed by atoms with Gasteiger partial charge >= 0.3 is 0 Å². The quantitative estimate of drug-likeness (QED) is 0.601. The van der Waals surface area contributed by atoms with Crippen LogP contribution in [0.15, 0.2) is 30.5 Å². The highest BCUT2D eigenvalue weighted by atomic mass is 16.1. The average Bonchev–Trinajstić information content (AvgIpc) is 2.48. The Labute approximate surface area is 124 Å². The fraction of sp³-hybridized carbons (Fsp3) is 0.333. The molecule has 0 radical (unpaired) electrons. The van der Waals surface area contributed by atoms with Crippen molar-refractivity contribution in [1.29, 1.82) is 0 Å². The monoisotopic (exact) mass is 285 g/mol. The molecule has 0 amide bonds. The highest BCUT2D eigenvalue weighted by molar-refractivity contribution is 5.95. The van der Waals surface area contributed by atoms with Crippen molar-refractivity contribution in [2.24, 2.45) is 0 Å². The van der Waals surface area contributed by atoms with Crippen molar-refractivity contribution >= 4 is 23.2 Å². The fourth-order valence-corrected chi connectivity index (χ4v) is 1.78. The molecular weight excluding hydrogens is 266 g/mol. The minimum absolute atomic E-state index is 0.0210. The van der Waals surface area contributed by atoms with E-state index in [1.165, 1.54) is 6.92 Å². The molecular formula is C15H19N5O. The van der Waals surface area contributed by atoms with Gasteiger partial charge in [-0.05, 0) is 25.5 Å². The Morgan fingerprint density at radius 2 is 2.19 bits per heavy atom. The van der Waals surface area contributed by atoms with Gasteiger partial charge in [0.1, 0.15) is 0 Å². The molecule has 110 valence electrons. The number of unbranched alkanes of at least 4 members (excludes halogenated alkanes) is 1. The van der Waals surface area contributed by atoms with E-state index in [0.29, 0.717) is 17.3 Å². The number of carbonyl (C=O) groups is 1. The molecule has 6 heteroatoms. The van der Waals surface area contributed by atoms with E-state index in [1.54, 1.807) is 18.3 Å². The predicted octanol–water partition coefficient (Wildman–Crippen LogP) is 3.03. The number of ketones is 1. The number of benzene rings is 1. The van der Waals surface area contributed by atoms with Crippen LogP contribution in [-0.2, 0) is 0 Å². The lowest BCUT2D eigenvalue weighted by Gasteiger charge is -2.07. The Balaban J connectivity index is 2.07. The Hall–Kier alpha value is -2.50. The summed E-state index contributed by atoms with van der Waals surface area (Å²) in [5.41, 5.74) is 1.40. The van der Waals surface area contributed by atoms with Crippen LogP contribution in [0, 0.1) is 0 Å². The van der Waals surface area contributed by atoms with Crippen LogP contribution >= 0.6 is 0 Å². The van der Waals surface area contributed by atoms with E-state index in [1.807, 2.05) is 12.1 Å². The zero-order valence-corrected chi connectivity index (χ0v) is 12.3. The summed E-state index contributed by atoms with van der Waals surface area (Å²) < 4.78 is 0. The number of nitrogens with one attached hydrogen (secondary N) is 2. The highest BCUT2D eigenvalue weighted by Crippen LogP contribution is 2.15. The van der Waals surface area contributed by atoms with Crippen molar-refractivity contribution in [3.63, 3.8) is 0 Å². The molecule has 6 nitrogen and oxygen atoms in total. The van der Waals surface area contributed by atoms with Gasteiger partial charge in [-0.2, -0.15) is 10.1 Å². The van der Waals surface area contributed by atoms with Crippen molar-refractivity contribution in [2.75, 3.05) is 17.2 Å². The Morgan fingerprint density at radius 1 is 1.33 bits per heavy atom. The van der Waals surface area contributed by atoms with Crippen molar-refractivity contribution < 1.29 is 4.79 Å². The topological polar surface area (TPSA) is 79.8 Å². The van der Waals surface area contributed by atoms with Gasteiger partial charge < -0.3 is 10.6 Å². The zero-order valence-electron chi connectivity index (χ0n) is 12.3. The second-order valence-corrected chi connectivity index (χ2v) is 4.71. The molecule has 0 spiro atoms. The predicted molar refractivity (Wildman–Crippen MR) is 83.0 cm³/mol. The fourth-order valence-electron chi connectivity index (χ4n) is 1.78. The largest absolute Gasteiger partial charge is 0.369 e. The molecule has 0 aliphatic carbocycles. The van der Waals surface area contributed by atoms with Gasteiger partial charge in [-0.1, -0.05) is 25.5 Å². The third-order valence-corrected chi connectivity index (χ3v) is 2.92.